The van der Waals surface area contributed by atoms with Crippen molar-refractivity contribution >= 4 is 33.8 Å². The van der Waals surface area contributed by atoms with Crippen LogP contribution in [0.15, 0.2) is 97.2 Å². The van der Waals surface area contributed by atoms with E-state index >= 15 is 0 Å². The Kier molecular flexibility index (Phi) is 7.08. The number of aromatic nitrogens is 2. The first-order chi connectivity index (χ1) is 14.6. The lowest BCUT2D eigenvalue weighted by Crippen LogP contribution is -2.13. The van der Waals surface area contributed by atoms with Gasteiger partial charge in [-0.15, -0.1) is 11.3 Å². The molecule has 0 radical (unpaired) electrons. The zero-order chi connectivity index (χ0) is 21.3. The third-order valence-corrected chi connectivity index (χ3v) is 4.96. The standard InChI is InChI=1S/C24H22N4OS/c1-4-6-7-9-18(5-2)23(29)26-20-12-11-17(3)21(14-20)27-24-28-22(16-30-24)19-10-8-13-25-15-19/h4-16H,1-2H2,3H3,(H,26,29)(H,27,28)/b7-6-,18-9+. The molecule has 0 aliphatic carbocycles. The fraction of sp³-hybridized carbons (Fsp3) is 0.0417. The van der Waals surface area contributed by atoms with Crippen molar-refractivity contribution in [3.8, 4) is 11.3 Å². The molecule has 5 nitrogen and oxygen atoms in total. The lowest BCUT2D eigenvalue weighted by atomic mass is 10.1. The van der Waals surface area contributed by atoms with Gasteiger partial charge in [-0.2, -0.15) is 0 Å². The van der Waals surface area contributed by atoms with Crippen molar-refractivity contribution in [2.24, 2.45) is 0 Å². The van der Waals surface area contributed by atoms with Gasteiger partial charge in [0, 0.05) is 40.3 Å². The van der Waals surface area contributed by atoms with Gasteiger partial charge >= 0.3 is 0 Å². The molecule has 2 aromatic heterocycles. The molecule has 0 spiro atoms. The molecule has 30 heavy (non-hydrogen) atoms. The van der Waals surface area contributed by atoms with Gasteiger partial charge in [0.15, 0.2) is 5.13 Å². The molecule has 6 heteroatoms. The number of nitrogens with one attached hydrogen (secondary N) is 2. The number of thiazole rings is 1. The number of pyridine rings is 1. The van der Waals surface area contributed by atoms with E-state index in [1.807, 2.05) is 42.6 Å². The van der Waals surface area contributed by atoms with Crippen LogP contribution in [-0.4, -0.2) is 15.9 Å². The summed E-state index contributed by atoms with van der Waals surface area (Å²) in [7, 11) is 0. The molecule has 2 heterocycles. The second-order valence-corrected chi connectivity index (χ2v) is 7.19. The summed E-state index contributed by atoms with van der Waals surface area (Å²) < 4.78 is 0. The van der Waals surface area contributed by atoms with Crippen LogP contribution < -0.4 is 10.6 Å². The molecule has 0 atom stereocenters. The third-order valence-electron chi connectivity index (χ3n) is 4.20. The Hall–Kier alpha value is -3.77. The van der Waals surface area contributed by atoms with E-state index in [4.69, 9.17) is 0 Å². The largest absolute Gasteiger partial charge is 0.331 e. The number of anilines is 3. The summed E-state index contributed by atoms with van der Waals surface area (Å²) in [6.45, 7) is 9.31. The van der Waals surface area contributed by atoms with Crippen molar-refractivity contribution in [2.45, 2.75) is 6.92 Å². The summed E-state index contributed by atoms with van der Waals surface area (Å²) >= 11 is 1.51. The average molecular weight is 415 g/mol. The molecule has 1 amide bonds. The lowest BCUT2D eigenvalue weighted by Gasteiger charge is -2.11. The van der Waals surface area contributed by atoms with Crippen molar-refractivity contribution < 1.29 is 4.79 Å². The molecule has 3 aromatic rings. The Morgan fingerprint density at radius 3 is 2.80 bits per heavy atom. The maximum Gasteiger partial charge on any atom is 0.255 e. The number of rotatable bonds is 8. The average Bonchev–Trinajstić information content (AvgIpc) is 3.23. The molecule has 0 aliphatic heterocycles. The fourth-order valence-corrected chi connectivity index (χ4v) is 3.34. The van der Waals surface area contributed by atoms with Crippen LogP contribution in [0.4, 0.5) is 16.5 Å². The maximum absolute atomic E-state index is 12.5. The fourth-order valence-electron chi connectivity index (χ4n) is 2.61. The van der Waals surface area contributed by atoms with Crippen molar-refractivity contribution in [1.82, 2.24) is 9.97 Å². The third kappa shape index (κ3) is 5.40. The summed E-state index contributed by atoms with van der Waals surface area (Å²) in [5, 5.41) is 8.99. The highest BCUT2D eigenvalue weighted by atomic mass is 32.1. The molecular formula is C24H22N4OS. The number of aryl methyl sites for hydroxylation is 1. The Balaban J connectivity index is 1.76. The first-order valence-electron chi connectivity index (χ1n) is 9.27. The van der Waals surface area contributed by atoms with Gasteiger partial charge in [0.25, 0.3) is 5.91 Å². The molecule has 0 aliphatic rings. The summed E-state index contributed by atoms with van der Waals surface area (Å²) in [4.78, 5) is 21.3. The van der Waals surface area contributed by atoms with Crippen LogP contribution >= 0.6 is 11.3 Å². The Morgan fingerprint density at radius 1 is 1.20 bits per heavy atom. The van der Waals surface area contributed by atoms with E-state index in [1.165, 1.54) is 17.4 Å². The number of carbonyl (C=O) groups is 1. The molecule has 0 saturated heterocycles. The van der Waals surface area contributed by atoms with Crippen LogP contribution in [0.5, 0.6) is 0 Å². The molecule has 1 aromatic carbocycles. The zero-order valence-electron chi connectivity index (χ0n) is 16.6. The lowest BCUT2D eigenvalue weighted by molar-refractivity contribution is -0.112. The van der Waals surface area contributed by atoms with E-state index in [2.05, 4.69) is 33.8 Å². The summed E-state index contributed by atoms with van der Waals surface area (Å²) in [5.41, 5.74) is 4.89. The SMILES string of the molecule is C=C/C=C\C=C(/C=C)C(=O)Nc1ccc(C)c(Nc2nc(-c3cccnc3)cs2)c1. The van der Waals surface area contributed by atoms with Gasteiger partial charge in [0.2, 0.25) is 0 Å². The van der Waals surface area contributed by atoms with Gasteiger partial charge in [0.1, 0.15) is 0 Å². The maximum atomic E-state index is 12.5. The van der Waals surface area contributed by atoms with Crippen LogP contribution in [-0.2, 0) is 4.79 Å². The predicted molar refractivity (Wildman–Crippen MR) is 126 cm³/mol. The highest BCUT2D eigenvalue weighted by Crippen LogP contribution is 2.29. The minimum Gasteiger partial charge on any atom is -0.331 e. The first-order valence-corrected chi connectivity index (χ1v) is 10.2. The first kappa shape index (κ1) is 21.0. The van der Waals surface area contributed by atoms with E-state index in [0.29, 0.717) is 11.3 Å². The van der Waals surface area contributed by atoms with Crippen LogP contribution in [0, 0.1) is 6.92 Å². The number of carbonyl (C=O) groups excluding carboxylic acids is 1. The number of benzene rings is 1. The summed E-state index contributed by atoms with van der Waals surface area (Å²) in [6, 6.07) is 9.56. The predicted octanol–water partition coefficient (Wildman–Crippen LogP) is 6.05. The summed E-state index contributed by atoms with van der Waals surface area (Å²) in [6.07, 6.45) is 11.9. The van der Waals surface area contributed by atoms with Crippen molar-refractivity contribution in [3.05, 3.63) is 103 Å². The number of hydrogen-bond acceptors (Lipinski definition) is 5. The number of hydrogen-bond donors (Lipinski definition) is 2. The smallest absolute Gasteiger partial charge is 0.255 e. The number of allylic oxidation sites excluding steroid dienone is 4. The number of nitrogens with zero attached hydrogens (tertiary/aromatic N) is 2. The van der Waals surface area contributed by atoms with Crippen LogP contribution in [0.1, 0.15) is 5.56 Å². The molecule has 150 valence electrons. The minimum atomic E-state index is -0.235. The molecule has 0 fully saturated rings. The van der Waals surface area contributed by atoms with Gasteiger partial charge < -0.3 is 10.6 Å². The van der Waals surface area contributed by atoms with Crippen LogP contribution in [0.2, 0.25) is 0 Å². The van der Waals surface area contributed by atoms with Gasteiger partial charge in [0.05, 0.1) is 5.69 Å². The molecule has 0 saturated carbocycles. The number of amides is 1. The highest BCUT2D eigenvalue weighted by molar-refractivity contribution is 7.14. The highest BCUT2D eigenvalue weighted by Gasteiger charge is 2.10. The topological polar surface area (TPSA) is 66.9 Å². The minimum absolute atomic E-state index is 0.235. The second-order valence-electron chi connectivity index (χ2n) is 6.34. The van der Waals surface area contributed by atoms with Gasteiger partial charge in [-0.1, -0.05) is 43.5 Å². The quantitative estimate of drug-likeness (QED) is 0.348. The van der Waals surface area contributed by atoms with Crippen LogP contribution in [0.3, 0.4) is 0 Å². The van der Waals surface area contributed by atoms with E-state index in [1.54, 1.807) is 36.7 Å². The van der Waals surface area contributed by atoms with Gasteiger partial charge in [-0.25, -0.2) is 4.98 Å². The normalized spacial score (nSPS) is 11.3. The second kappa shape index (κ2) is 10.1. The molecule has 0 bridgehead atoms. The molecule has 3 rings (SSSR count). The van der Waals surface area contributed by atoms with E-state index in [0.717, 1.165) is 27.6 Å². The molecular weight excluding hydrogens is 392 g/mol. The Labute approximate surface area is 180 Å². The molecule has 2 N–H and O–H groups in total. The van der Waals surface area contributed by atoms with Crippen molar-refractivity contribution in [2.75, 3.05) is 10.6 Å². The summed E-state index contributed by atoms with van der Waals surface area (Å²) in [5.74, 6) is -0.235. The Morgan fingerprint density at radius 2 is 2.07 bits per heavy atom. The van der Waals surface area contributed by atoms with E-state index in [9.17, 15) is 4.79 Å². The monoisotopic (exact) mass is 414 g/mol. The van der Waals surface area contributed by atoms with E-state index in [-0.39, 0.29) is 5.91 Å². The Bertz CT molecular complexity index is 1110. The van der Waals surface area contributed by atoms with E-state index < -0.39 is 0 Å². The van der Waals surface area contributed by atoms with Gasteiger partial charge in [-0.05, 0) is 42.8 Å². The van der Waals surface area contributed by atoms with Gasteiger partial charge in [-0.3, -0.25) is 9.78 Å². The van der Waals surface area contributed by atoms with Crippen molar-refractivity contribution in [1.29, 1.82) is 0 Å². The zero-order valence-corrected chi connectivity index (χ0v) is 17.4. The molecule has 0 unspecified atom stereocenters. The van der Waals surface area contributed by atoms with Crippen LogP contribution in [0.25, 0.3) is 11.3 Å². The van der Waals surface area contributed by atoms with Crippen molar-refractivity contribution in [3.63, 3.8) is 0 Å².